The summed E-state index contributed by atoms with van der Waals surface area (Å²) in [5, 5.41) is 1.23. The van der Waals surface area contributed by atoms with Crippen LogP contribution < -0.4 is 4.90 Å². The standard InChI is InChI=1S/C20H20N2/c1-2-5-16(6-3-1)17-10-13-22(14-11-17)19-8-9-20-18(15-19)7-4-12-21-20/h1-9,12,15,17H,10-11,13-14H2. The number of fused-ring (bicyclic) bond motifs is 1. The van der Waals surface area contributed by atoms with E-state index in [1.54, 1.807) is 0 Å². The van der Waals surface area contributed by atoms with Crippen LogP contribution in [0.4, 0.5) is 5.69 Å². The average Bonchev–Trinajstić information content (AvgIpc) is 2.62. The second-order valence-corrected chi connectivity index (χ2v) is 6.05. The van der Waals surface area contributed by atoms with Gasteiger partial charge in [-0.05, 0) is 48.6 Å². The molecule has 0 radical (unpaired) electrons. The number of hydrogen-bond donors (Lipinski definition) is 0. The Labute approximate surface area is 131 Å². The van der Waals surface area contributed by atoms with Gasteiger partial charge in [0.15, 0.2) is 0 Å². The summed E-state index contributed by atoms with van der Waals surface area (Å²) in [7, 11) is 0. The molecule has 110 valence electrons. The first-order chi connectivity index (χ1) is 10.9. The molecule has 2 nitrogen and oxygen atoms in total. The number of benzene rings is 2. The van der Waals surface area contributed by atoms with E-state index in [2.05, 4.69) is 64.5 Å². The third-order valence-corrected chi connectivity index (χ3v) is 4.72. The van der Waals surface area contributed by atoms with E-state index in [0.29, 0.717) is 5.92 Å². The Morgan fingerprint density at radius 3 is 2.50 bits per heavy atom. The van der Waals surface area contributed by atoms with Crippen molar-refractivity contribution in [3.63, 3.8) is 0 Å². The smallest absolute Gasteiger partial charge is 0.0703 e. The minimum atomic E-state index is 0.708. The average molecular weight is 288 g/mol. The molecule has 2 heteroatoms. The van der Waals surface area contributed by atoms with Gasteiger partial charge in [-0.15, -0.1) is 0 Å². The summed E-state index contributed by atoms with van der Waals surface area (Å²) in [6.07, 6.45) is 4.32. The van der Waals surface area contributed by atoms with E-state index in [-0.39, 0.29) is 0 Å². The van der Waals surface area contributed by atoms with Gasteiger partial charge in [0, 0.05) is 30.4 Å². The Morgan fingerprint density at radius 2 is 1.68 bits per heavy atom. The van der Waals surface area contributed by atoms with Crippen LogP contribution in [0.25, 0.3) is 10.9 Å². The zero-order chi connectivity index (χ0) is 14.8. The molecule has 2 aromatic carbocycles. The van der Waals surface area contributed by atoms with E-state index >= 15 is 0 Å². The number of hydrogen-bond acceptors (Lipinski definition) is 2. The van der Waals surface area contributed by atoms with Gasteiger partial charge in [-0.1, -0.05) is 36.4 Å². The van der Waals surface area contributed by atoms with Crippen LogP contribution in [0.2, 0.25) is 0 Å². The third-order valence-electron chi connectivity index (χ3n) is 4.72. The molecule has 1 fully saturated rings. The summed E-state index contributed by atoms with van der Waals surface area (Å²) in [5.74, 6) is 0.708. The highest BCUT2D eigenvalue weighted by Crippen LogP contribution is 2.31. The van der Waals surface area contributed by atoms with Gasteiger partial charge in [0.2, 0.25) is 0 Å². The lowest BCUT2D eigenvalue weighted by molar-refractivity contribution is 0.505. The fourth-order valence-electron chi connectivity index (χ4n) is 3.46. The molecule has 1 aromatic heterocycles. The third kappa shape index (κ3) is 2.57. The summed E-state index contributed by atoms with van der Waals surface area (Å²) in [4.78, 5) is 6.91. The van der Waals surface area contributed by atoms with Crippen molar-refractivity contribution in [1.29, 1.82) is 0 Å². The summed E-state index contributed by atoms with van der Waals surface area (Å²) < 4.78 is 0. The van der Waals surface area contributed by atoms with Crippen LogP contribution in [0, 0.1) is 0 Å². The van der Waals surface area contributed by atoms with Crippen LogP contribution in [0.15, 0.2) is 66.9 Å². The molecule has 0 aliphatic carbocycles. The summed E-state index contributed by atoms with van der Waals surface area (Å²) >= 11 is 0. The van der Waals surface area contributed by atoms with Gasteiger partial charge in [0.05, 0.1) is 5.52 Å². The SMILES string of the molecule is c1ccc(C2CCN(c3ccc4ncccc4c3)CC2)cc1. The normalized spacial score (nSPS) is 16.1. The molecule has 0 N–H and O–H groups in total. The monoisotopic (exact) mass is 288 g/mol. The maximum absolute atomic E-state index is 4.40. The maximum atomic E-state index is 4.40. The van der Waals surface area contributed by atoms with Crippen molar-refractivity contribution in [2.75, 3.05) is 18.0 Å². The first kappa shape index (κ1) is 13.3. The molecular formula is C20H20N2. The van der Waals surface area contributed by atoms with Crippen molar-refractivity contribution in [2.45, 2.75) is 18.8 Å². The predicted molar refractivity (Wildman–Crippen MR) is 92.4 cm³/mol. The quantitative estimate of drug-likeness (QED) is 0.684. The van der Waals surface area contributed by atoms with Gasteiger partial charge in [0.25, 0.3) is 0 Å². The molecule has 1 aliphatic rings. The molecule has 0 saturated carbocycles. The van der Waals surface area contributed by atoms with E-state index in [1.165, 1.54) is 29.5 Å². The van der Waals surface area contributed by atoms with Crippen molar-refractivity contribution in [3.05, 3.63) is 72.4 Å². The van der Waals surface area contributed by atoms with Crippen LogP contribution in [-0.2, 0) is 0 Å². The largest absolute Gasteiger partial charge is 0.371 e. The van der Waals surface area contributed by atoms with E-state index in [4.69, 9.17) is 0 Å². The van der Waals surface area contributed by atoms with Gasteiger partial charge in [-0.3, -0.25) is 4.98 Å². The van der Waals surface area contributed by atoms with Gasteiger partial charge >= 0.3 is 0 Å². The van der Waals surface area contributed by atoms with E-state index in [0.717, 1.165) is 18.6 Å². The van der Waals surface area contributed by atoms with Crippen LogP contribution >= 0.6 is 0 Å². The Morgan fingerprint density at radius 1 is 0.864 bits per heavy atom. The number of anilines is 1. The Hall–Kier alpha value is -2.35. The number of aromatic nitrogens is 1. The molecular weight excluding hydrogens is 268 g/mol. The Kier molecular flexibility index (Phi) is 3.51. The number of rotatable bonds is 2. The lowest BCUT2D eigenvalue weighted by Gasteiger charge is -2.34. The lowest BCUT2D eigenvalue weighted by atomic mass is 9.89. The van der Waals surface area contributed by atoms with Crippen LogP contribution in [0.5, 0.6) is 0 Å². The van der Waals surface area contributed by atoms with Crippen LogP contribution in [0.1, 0.15) is 24.3 Å². The molecule has 22 heavy (non-hydrogen) atoms. The molecule has 1 aliphatic heterocycles. The Bertz CT molecular complexity index is 759. The first-order valence-corrected chi connectivity index (χ1v) is 8.05. The van der Waals surface area contributed by atoms with Crippen LogP contribution in [-0.4, -0.2) is 18.1 Å². The molecule has 0 atom stereocenters. The van der Waals surface area contributed by atoms with Crippen molar-refractivity contribution >= 4 is 16.6 Å². The molecule has 3 aromatic rings. The summed E-state index contributed by atoms with van der Waals surface area (Å²) in [5.41, 5.74) is 3.89. The molecule has 0 bridgehead atoms. The Balaban J connectivity index is 1.50. The first-order valence-electron chi connectivity index (χ1n) is 8.05. The summed E-state index contributed by atoms with van der Waals surface area (Å²) in [6, 6.07) is 21.7. The highest BCUT2D eigenvalue weighted by molar-refractivity contribution is 5.82. The fraction of sp³-hybridized carbons (Fsp3) is 0.250. The second kappa shape index (κ2) is 5.80. The molecule has 0 amide bonds. The lowest BCUT2D eigenvalue weighted by Crippen LogP contribution is -2.32. The van der Waals surface area contributed by atoms with Crippen molar-refractivity contribution in [2.24, 2.45) is 0 Å². The van der Waals surface area contributed by atoms with E-state index in [9.17, 15) is 0 Å². The minimum Gasteiger partial charge on any atom is -0.371 e. The summed E-state index contributed by atoms with van der Waals surface area (Å²) in [6.45, 7) is 2.26. The number of piperidine rings is 1. The highest BCUT2D eigenvalue weighted by atomic mass is 15.1. The molecule has 0 spiro atoms. The van der Waals surface area contributed by atoms with Gasteiger partial charge in [0.1, 0.15) is 0 Å². The zero-order valence-corrected chi connectivity index (χ0v) is 12.7. The van der Waals surface area contributed by atoms with Gasteiger partial charge in [-0.25, -0.2) is 0 Å². The second-order valence-electron chi connectivity index (χ2n) is 6.05. The topological polar surface area (TPSA) is 16.1 Å². The van der Waals surface area contributed by atoms with Gasteiger partial charge in [-0.2, -0.15) is 0 Å². The molecule has 1 saturated heterocycles. The van der Waals surface area contributed by atoms with Crippen molar-refractivity contribution < 1.29 is 0 Å². The number of pyridine rings is 1. The van der Waals surface area contributed by atoms with E-state index < -0.39 is 0 Å². The molecule has 4 rings (SSSR count). The van der Waals surface area contributed by atoms with E-state index in [1.807, 2.05) is 12.3 Å². The predicted octanol–water partition coefficient (Wildman–Crippen LogP) is 4.62. The van der Waals surface area contributed by atoms with Gasteiger partial charge < -0.3 is 4.90 Å². The highest BCUT2D eigenvalue weighted by Gasteiger charge is 2.20. The zero-order valence-electron chi connectivity index (χ0n) is 12.7. The molecule has 2 heterocycles. The maximum Gasteiger partial charge on any atom is 0.0703 e. The van der Waals surface area contributed by atoms with Crippen molar-refractivity contribution in [3.8, 4) is 0 Å². The van der Waals surface area contributed by atoms with Crippen molar-refractivity contribution in [1.82, 2.24) is 4.98 Å². The fourth-order valence-corrected chi connectivity index (χ4v) is 3.46. The number of nitrogens with zero attached hydrogens (tertiary/aromatic N) is 2. The minimum absolute atomic E-state index is 0.708. The van der Waals surface area contributed by atoms with Crippen LogP contribution in [0.3, 0.4) is 0 Å². The molecule has 0 unspecified atom stereocenters.